The van der Waals surface area contributed by atoms with Crippen molar-refractivity contribution in [3.8, 4) is 0 Å². The van der Waals surface area contributed by atoms with Crippen LogP contribution in [0.3, 0.4) is 0 Å². The van der Waals surface area contributed by atoms with Crippen LogP contribution in [0.2, 0.25) is 0 Å². The lowest BCUT2D eigenvalue weighted by molar-refractivity contribution is 0.0955. The van der Waals surface area contributed by atoms with Gasteiger partial charge in [-0.1, -0.05) is 45.0 Å². The van der Waals surface area contributed by atoms with Crippen LogP contribution in [0.1, 0.15) is 41.6 Å². The van der Waals surface area contributed by atoms with Gasteiger partial charge in [-0.25, -0.2) is 8.42 Å². The number of carbonyl (C=O) groups excluding carboxylic acids is 1. The Morgan fingerprint density at radius 2 is 1.70 bits per heavy atom. The molecular weight excluding hydrogens is 330 g/mol. The molecule has 0 aliphatic rings. The number of benzene rings is 1. The molecule has 124 valence electrons. The van der Waals surface area contributed by atoms with Crippen LogP contribution in [0.5, 0.6) is 0 Å². The molecule has 1 N–H and O–H groups in total. The van der Waals surface area contributed by atoms with E-state index in [4.69, 9.17) is 0 Å². The maximum atomic E-state index is 12.1. The summed E-state index contributed by atoms with van der Waals surface area (Å²) in [6.45, 7) is 6.87. The number of sulfone groups is 1. The van der Waals surface area contributed by atoms with E-state index >= 15 is 0 Å². The number of carbonyl (C=O) groups is 1. The summed E-state index contributed by atoms with van der Waals surface area (Å²) in [6, 6.07) is 11.1. The third-order valence-corrected chi connectivity index (χ3v) is 6.35. The molecule has 0 saturated carbocycles. The number of hydrogen-bond donors (Lipinski definition) is 1. The second kappa shape index (κ2) is 6.45. The molecule has 0 aliphatic heterocycles. The molecule has 0 bridgehead atoms. The van der Waals surface area contributed by atoms with Gasteiger partial charge in [0.05, 0.1) is 4.88 Å². The third-order valence-electron chi connectivity index (χ3n) is 3.44. The van der Waals surface area contributed by atoms with E-state index in [9.17, 15) is 13.2 Å². The highest BCUT2D eigenvalue weighted by molar-refractivity contribution is 7.92. The molecule has 1 aromatic heterocycles. The summed E-state index contributed by atoms with van der Waals surface area (Å²) in [5, 5.41) is 2.81. The molecular formula is C17H21NO3S2. The van der Waals surface area contributed by atoms with Gasteiger partial charge in [-0.2, -0.15) is 0 Å². The van der Waals surface area contributed by atoms with Gasteiger partial charge in [0, 0.05) is 12.8 Å². The van der Waals surface area contributed by atoms with Crippen molar-refractivity contribution in [3.05, 3.63) is 52.4 Å². The van der Waals surface area contributed by atoms with Gasteiger partial charge in [0.25, 0.3) is 5.91 Å². The van der Waals surface area contributed by atoms with E-state index in [0.717, 1.165) is 23.2 Å². The van der Waals surface area contributed by atoms with Gasteiger partial charge in [0.15, 0.2) is 9.84 Å². The molecule has 0 atom stereocenters. The van der Waals surface area contributed by atoms with Crippen LogP contribution >= 0.6 is 11.3 Å². The summed E-state index contributed by atoms with van der Waals surface area (Å²) in [5.41, 5.74) is 2.34. The van der Waals surface area contributed by atoms with Crippen molar-refractivity contribution in [1.29, 1.82) is 0 Å². The second-order valence-corrected chi connectivity index (χ2v) is 9.85. The van der Waals surface area contributed by atoms with Gasteiger partial charge in [0.1, 0.15) is 4.21 Å². The minimum absolute atomic E-state index is 0.0980. The fourth-order valence-electron chi connectivity index (χ4n) is 2.03. The van der Waals surface area contributed by atoms with Gasteiger partial charge < -0.3 is 5.32 Å². The molecule has 4 nitrogen and oxygen atoms in total. The Labute approximate surface area is 141 Å². The van der Waals surface area contributed by atoms with Crippen molar-refractivity contribution in [3.63, 3.8) is 0 Å². The van der Waals surface area contributed by atoms with E-state index in [-0.39, 0.29) is 15.5 Å². The lowest BCUT2D eigenvalue weighted by atomic mass is 9.87. The lowest BCUT2D eigenvalue weighted by Gasteiger charge is -2.19. The number of hydrogen-bond acceptors (Lipinski definition) is 4. The fourth-order valence-corrected chi connectivity index (χ4v) is 3.88. The first kappa shape index (κ1) is 17.7. The van der Waals surface area contributed by atoms with Crippen LogP contribution in [0.25, 0.3) is 0 Å². The Balaban J connectivity index is 2.01. The van der Waals surface area contributed by atoms with E-state index in [1.54, 1.807) is 6.07 Å². The normalized spacial score (nSPS) is 12.2. The molecule has 0 fully saturated rings. The number of thiophene rings is 1. The molecule has 2 rings (SSSR count). The summed E-state index contributed by atoms with van der Waals surface area (Å²) in [5.74, 6) is -0.259. The minimum Gasteiger partial charge on any atom is -0.347 e. The van der Waals surface area contributed by atoms with E-state index in [1.165, 1.54) is 11.6 Å². The Morgan fingerprint density at radius 1 is 1.09 bits per heavy atom. The highest BCUT2D eigenvalue weighted by atomic mass is 32.2. The Kier molecular flexibility index (Phi) is 4.96. The maximum absolute atomic E-state index is 12.1. The second-order valence-electron chi connectivity index (χ2n) is 6.52. The molecule has 1 heterocycles. The van der Waals surface area contributed by atoms with Crippen molar-refractivity contribution in [1.82, 2.24) is 5.32 Å². The fraction of sp³-hybridized carbons (Fsp3) is 0.353. The van der Waals surface area contributed by atoms with Gasteiger partial charge in [-0.15, -0.1) is 11.3 Å². The molecule has 6 heteroatoms. The van der Waals surface area contributed by atoms with Crippen molar-refractivity contribution in [2.24, 2.45) is 0 Å². The number of amides is 1. The zero-order chi connectivity index (χ0) is 17.3. The molecule has 0 radical (unpaired) electrons. The van der Waals surface area contributed by atoms with E-state index in [0.29, 0.717) is 11.4 Å². The van der Waals surface area contributed by atoms with Gasteiger partial charge >= 0.3 is 0 Å². The van der Waals surface area contributed by atoms with Crippen LogP contribution in [-0.2, 0) is 21.8 Å². The predicted octanol–water partition coefficient (Wildman–Crippen LogP) is 3.38. The minimum atomic E-state index is -3.26. The molecule has 23 heavy (non-hydrogen) atoms. The van der Waals surface area contributed by atoms with E-state index < -0.39 is 9.84 Å². The molecule has 0 spiro atoms. The lowest BCUT2D eigenvalue weighted by Crippen LogP contribution is -2.21. The summed E-state index contributed by atoms with van der Waals surface area (Å²) in [6.07, 6.45) is 1.14. The largest absolute Gasteiger partial charge is 0.347 e. The summed E-state index contributed by atoms with van der Waals surface area (Å²) in [7, 11) is -3.26. The highest BCUT2D eigenvalue weighted by Crippen LogP contribution is 2.23. The summed E-state index contributed by atoms with van der Waals surface area (Å²) in [4.78, 5) is 12.5. The van der Waals surface area contributed by atoms with Crippen LogP contribution < -0.4 is 5.32 Å². The van der Waals surface area contributed by atoms with Crippen LogP contribution in [0.4, 0.5) is 0 Å². The highest BCUT2D eigenvalue weighted by Gasteiger charge is 2.15. The van der Waals surface area contributed by atoms with E-state index in [2.05, 4.69) is 38.2 Å². The SMILES string of the molecule is CC(C)(C)c1ccc(CNC(=O)c2ccc(S(C)(=O)=O)s2)cc1. The van der Waals surface area contributed by atoms with Crippen molar-refractivity contribution in [2.45, 2.75) is 36.9 Å². The zero-order valence-electron chi connectivity index (χ0n) is 13.7. The smallest absolute Gasteiger partial charge is 0.261 e. The molecule has 1 amide bonds. The van der Waals surface area contributed by atoms with Gasteiger partial charge in [0.2, 0.25) is 0 Å². The van der Waals surface area contributed by atoms with Crippen molar-refractivity contribution < 1.29 is 13.2 Å². The summed E-state index contributed by atoms with van der Waals surface area (Å²) >= 11 is 0.989. The molecule has 0 saturated heterocycles. The number of rotatable bonds is 4. The van der Waals surface area contributed by atoms with E-state index in [1.807, 2.05) is 12.1 Å². The Morgan fingerprint density at radius 3 is 2.17 bits per heavy atom. The van der Waals surface area contributed by atoms with Gasteiger partial charge in [-0.3, -0.25) is 4.79 Å². The maximum Gasteiger partial charge on any atom is 0.261 e. The topological polar surface area (TPSA) is 63.2 Å². The standard InChI is InChI=1S/C17H21NO3S2/c1-17(2,3)13-7-5-12(6-8-13)11-18-16(19)14-9-10-15(22-14)23(4,20)21/h5-10H,11H2,1-4H3,(H,18,19). The monoisotopic (exact) mass is 351 g/mol. The van der Waals surface area contributed by atoms with Crippen LogP contribution in [0.15, 0.2) is 40.6 Å². The average molecular weight is 351 g/mol. The zero-order valence-corrected chi connectivity index (χ0v) is 15.3. The Bertz CT molecular complexity index is 797. The quantitative estimate of drug-likeness (QED) is 0.918. The first-order valence-corrected chi connectivity index (χ1v) is 9.96. The summed E-state index contributed by atoms with van der Waals surface area (Å²) < 4.78 is 23.1. The first-order valence-electron chi connectivity index (χ1n) is 7.25. The molecule has 0 aliphatic carbocycles. The predicted molar refractivity (Wildman–Crippen MR) is 93.7 cm³/mol. The third kappa shape index (κ3) is 4.65. The molecule has 2 aromatic rings. The van der Waals surface area contributed by atoms with Crippen molar-refractivity contribution in [2.75, 3.05) is 6.26 Å². The molecule has 1 aromatic carbocycles. The van der Waals surface area contributed by atoms with Crippen molar-refractivity contribution >= 4 is 27.1 Å². The van der Waals surface area contributed by atoms with Gasteiger partial charge in [-0.05, 0) is 28.7 Å². The van der Waals surface area contributed by atoms with Crippen LogP contribution in [0, 0.1) is 0 Å². The molecule has 0 unspecified atom stereocenters. The van der Waals surface area contributed by atoms with Crippen LogP contribution in [-0.4, -0.2) is 20.6 Å². The Hall–Kier alpha value is -1.66. The average Bonchev–Trinajstić information content (AvgIpc) is 2.94. The number of nitrogens with one attached hydrogen (secondary N) is 1. The first-order chi connectivity index (χ1) is 10.6.